The first-order valence-electron chi connectivity index (χ1n) is 11.2. The van der Waals surface area contributed by atoms with Gasteiger partial charge in [-0.1, -0.05) is 6.07 Å². The third-order valence-electron chi connectivity index (χ3n) is 5.48. The zero-order valence-corrected chi connectivity index (χ0v) is 20.6. The van der Waals surface area contributed by atoms with E-state index in [-0.39, 0.29) is 24.0 Å². The van der Waals surface area contributed by atoms with E-state index in [4.69, 9.17) is 14.5 Å². The van der Waals surface area contributed by atoms with Gasteiger partial charge in [-0.15, -0.1) is 24.0 Å². The Morgan fingerprint density at radius 1 is 1.23 bits per heavy atom. The molecule has 0 atom stereocenters. The number of guanidine groups is 1. The number of piperidine rings is 1. The van der Waals surface area contributed by atoms with Gasteiger partial charge in [0, 0.05) is 64.8 Å². The van der Waals surface area contributed by atoms with Gasteiger partial charge in [-0.05, 0) is 51.2 Å². The molecule has 2 aliphatic heterocycles. The highest BCUT2D eigenvalue weighted by Gasteiger charge is 2.20. The van der Waals surface area contributed by atoms with Crippen LogP contribution < -0.4 is 10.6 Å². The molecular weight excluding hydrogens is 493 g/mol. The molecule has 0 unspecified atom stereocenters. The second-order valence-corrected chi connectivity index (χ2v) is 7.81. The molecule has 3 heterocycles. The molecule has 170 valence electrons. The fourth-order valence-corrected chi connectivity index (χ4v) is 3.82. The maximum atomic E-state index is 5.93. The fraction of sp³-hybridized carbons (Fsp3) is 0.727. The summed E-state index contributed by atoms with van der Waals surface area (Å²) in [7, 11) is 0. The lowest BCUT2D eigenvalue weighted by Gasteiger charge is -2.32. The highest BCUT2D eigenvalue weighted by Crippen LogP contribution is 2.13. The Bertz CT molecular complexity index is 590. The van der Waals surface area contributed by atoms with E-state index >= 15 is 0 Å². The van der Waals surface area contributed by atoms with Crippen molar-refractivity contribution in [2.45, 2.75) is 57.7 Å². The molecule has 2 saturated heterocycles. The number of hydrogen-bond acceptors (Lipinski definition) is 5. The van der Waals surface area contributed by atoms with Gasteiger partial charge in [0.1, 0.15) is 0 Å². The maximum absolute atomic E-state index is 5.93. The molecule has 0 amide bonds. The number of pyridine rings is 1. The largest absolute Gasteiger partial charge is 0.381 e. The Morgan fingerprint density at radius 2 is 2.03 bits per heavy atom. The lowest BCUT2D eigenvalue weighted by molar-refractivity contribution is -0.0318. The van der Waals surface area contributed by atoms with Gasteiger partial charge in [0.15, 0.2) is 5.96 Å². The second-order valence-electron chi connectivity index (χ2n) is 7.81. The van der Waals surface area contributed by atoms with Crippen LogP contribution in [0, 0.1) is 0 Å². The predicted molar refractivity (Wildman–Crippen MR) is 131 cm³/mol. The Balaban J connectivity index is 0.00000320. The summed E-state index contributed by atoms with van der Waals surface area (Å²) in [6, 6.07) is 6.61. The summed E-state index contributed by atoms with van der Waals surface area (Å²) >= 11 is 0. The van der Waals surface area contributed by atoms with Crippen molar-refractivity contribution in [2.75, 3.05) is 46.0 Å². The molecule has 2 aliphatic rings. The SMILES string of the molecule is CCNC(=NCCCOC1CCOCC1)NC1CCN(Cc2ccccn2)CC1.I. The normalized spacial score (nSPS) is 19.3. The van der Waals surface area contributed by atoms with E-state index < -0.39 is 0 Å². The van der Waals surface area contributed by atoms with Crippen LogP contribution in [-0.2, 0) is 16.0 Å². The van der Waals surface area contributed by atoms with Crippen molar-refractivity contribution in [1.82, 2.24) is 20.5 Å². The molecule has 0 aromatic carbocycles. The Morgan fingerprint density at radius 3 is 2.73 bits per heavy atom. The molecule has 0 bridgehead atoms. The van der Waals surface area contributed by atoms with Crippen molar-refractivity contribution in [3.8, 4) is 0 Å². The summed E-state index contributed by atoms with van der Waals surface area (Å²) in [5.74, 6) is 0.932. The number of rotatable bonds is 9. The van der Waals surface area contributed by atoms with Crippen molar-refractivity contribution in [1.29, 1.82) is 0 Å². The van der Waals surface area contributed by atoms with Gasteiger partial charge in [0.05, 0.1) is 11.8 Å². The summed E-state index contributed by atoms with van der Waals surface area (Å²) in [5, 5.41) is 7.00. The molecule has 2 fully saturated rings. The van der Waals surface area contributed by atoms with Gasteiger partial charge >= 0.3 is 0 Å². The number of aliphatic imine (C=N–C) groups is 1. The van der Waals surface area contributed by atoms with Crippen LogP contribution in [0.25, 0.3) is 0 Å². The van der Waals surface area contributed by atoms with E-state index in [1.165, 1.54) is 0 Å². The first-order chi connectivity index (χ1) is 14.3. The van der Waals surface area contributed by atoms with Gasteiger partial charge in [-0.2, -0.15) is 0 Å². The second kappa shape index (κ2) is 14.9. The molecule has 0 radical (unpaired) electrons. The molecule has 1 aromatic heterocycles. The van der Waals surface area contributed by atoms with Crippen molar-refractivity contribution < 1.29 is 9.47 Å². The molecular formula is C22H38IN5O2. The number of halogens is 1. The topological polar surface area (TPSA) is 71.0 Å². The van der Waals surface area contributed by atoms with E-state index in [1.807, 2.05) is 12.3 Å². The standard InChI is InChI=1S/C22H37N5O2.HI/c1-2-23-22(25-12-5-15-29-21-9-16-28-17-10-21)26-19-7-13-27(14-8-19)18-20-6-3-4-11-24-20;/h3-4,6,11,19,21H,2,5,7-10,12-18H2,1H3,(H2,23,25,26);1H. The van der Waals surface area contributed by atoms with E-state index in [9.17, 15) is 0 Å². The van der Waals surface area contributed by atoms with E-state index in [1.54, 1.807) is 0 Å². The van der Waals surface area contributed by atoms with Crippen LogP contribution in [0.2, 0.25) is 0 Å². The van der Waals surface area contributed by atoms with E-state index in [0.717, 1.165) is 96.3 Å². The Labute approximate surface area is 198 Å². The number of nitrogens with zero attached hydrogens (tertiary/aromatic N) is 3. The predicted octanol–water partition coefficient (Wildman–Crippen LogP) is 2.80. The summed E-state index contributed by atoms with van der Waals surface area (Å²) in [5.41, 5.74) is 1.15. The highest BCUT2D eigenvalue weighted by molar-refractivity contribution is 14.0. The third kappa shape index (κ3) is 9.45. The van der Waals surface area contributed by atoms with Gasteiger partial charge in [0.25, 0.3) is 0 Å². The molecule has 0 aliphatic carbocycles. The molecule has 0 saturated carbocycles. The molecule has 1 aromatic rings. The summed E-state index contributed by atoms with van der Waals surface area (Å²) in [4.78, 5) is 11.7. The Kier molecular flexibility index (Phi) is 12.6. The van der Waals surface area contributed by atoms with Gasteiger partial charge in [0.2, 0.25) is 0 Å². The van der Waals surface area contributed by atoms with Crippen LogP contribution in [0.4, 0.5) is 0 Å². The molecule has 3 rings (SSSR count). The van der Waals surface area contributed by atoms with Crippen LogP contribution in [0.3, 0.4) is 0 Å². The Hall–Kier alpha value is -0.970. The zero-order valence-electron chi connectivity index (χ0n) is 18.2. The monoisotopic (exact) mass is 531 g/mol. The fourth-order valence-electron chi connectivity index (χ4n) is 3.82. The lowest BCUT2D eigenvalue weighted by atomic mass is 10.0. The molecule has 2 N–H and O–H groups in total. The van der Waals surface area contributed by atoms with Crippen LogP contribution in [-0.4, -0.2) is 74.0 Å². The molecule has 7 nitrogen and oxygen atoms in total. The van der Waals surface area contributed by atoms with Crippen molar-refractivity contribution in [3.05, 3.63) is 30.1 Å². The smallest absolute Gasteiger partial charge is 0.191 e. The van der Waals surface area contributed by atoms with Crippen LogP contribution >= 0.6 is 24.0 Å². The number of aromatic nitrogens is 1. The number of nitrogens with one attached hydrogen (secondary N) is 2. The van der Waals surface area contributed by atoms with Crippen molar-refractivity contribution >= 4 is 29.9 Å². The van der Waals surface area contributed by atoms with Gasteiger partial charge in [-0.25, -0.2) is 0 Å². The highest BCUT2D eigenvalue weighted by atomic mass is 127. The summed E-state index contributed by atoms with van der Waals surface area (Å²) < 4.78 is 11.3. The van der Waals surface area contributed by atoms with E-state index in [2.05, 4.69) is 39.6 Å². The summed E-state index contributed by atoms with van der Waals surface area (Å²) in [6.07, 6.45) is 7.50. The minimum Gasteiger partial charge on any atom is -0.381 e. The molecule has 0 spiro atoms. The van der Waals surface area contributed by atoms with Gasteiger partial charge < -0.3 is 20.1 Å². The first-order valence-corrected chi connectivity index (χ1v) is 11.2. The van der Waals surface area contributed by atoms with Crippen molar-refractivity contribution in [3.63, 3.8) is 0 Å². The van der Waals surface area contributed by atoms with Gasteiger partial charge in [-0.3, -0.25) is 14.9 Å². The van der Waals surface area contributed by atoms with Crippen LogP contribution in [0.15, 0.2) is 29.4 Å². The third-order valence-corrected chi connectivity index (χ3v) is 5.48. The number of hydrogen-bond donors (Lipinski definition) is 2. The minimum atomic E-state index is 0. The summed E-state index contributed by atoms with van der Waals surface area (Å²) in [6.45, 7) is 9.34. The van der Waals surface area contributed by atoms with E-state index in [0.29, 0.717) is 12.1 Å². The average Bonchev–Trinajstić information content (AvgIpc) is 2.76. The van der Waals surface area contributed by atoms with Crippen molar-refractivity contribution in [2.24, 2.45) is 4.99 Å². The maximum Gasteiger partial charge on any atom is 0.191 e. The minimum absolute atomic E-state index is 0. The molecule has 30 heavy (non-hydrogen) atoms. The molecule has 8 heteroatoms. The first kappa shape index (κ1) is 25.3. The number of likely N-dealkylation sites (tertiary alicyclic amines) is 1. The van der Waals surface area contributed by atoms with Crippen LogP contribution in [0.5, 0.6) is 0 Å². The lowest BCUT2D eigenvalue weighted by Crippen LogP contribution is -2.48. The number of ether oxygens (including phenoxy) is 2. The quantitative estimate of drug-likeness (QED) is 0.221. The van der Waals surface area contributed by atoms with Crippen LogP contribution in [0.1, 0.15) is 44.7 Å². The zero-order chi connectivity index (χ0) is 20.2. The average molecular weight is 531 g/mol.